The molecule has 0 spiro atoms. The van der Waals surface area contributed by atoms with Crippen molar-refractivity contribution in [1.82, 2.24) is 9.55 Å². The van der Waals surface area contributed by atoms with E-state index in [2.05, 4.69) is 40.8 Å². The van der Waals surface area contributed by atoms with Gasteiger partial charge in [0.25, 0.3) is 0 Å². The number of rotatable bonds is 5. The van der Waals surface area contributed by atoms with Crippen LogP contribution in [0.25, 0.3) is 0 Å². The molecule has 2 aromatic rings. The van der Waals surface area contributed by atoms with Crippen molar-refractivity contribution in [2.45, 2.75) is 45.6 Å². The minimum absolute atomic E-state index is 0.161. The highest BCUT2D eigenvalue weighted by atomic mass is 16.1. The van der Waals surface area contributed by atoms with Crippen LogP contribution in [0.1, 0.15) is 50.4 Å². The number of carbonyl (C=O) groups is 1. The third-order valence-electron chi connectivity index (χ3n) is 4.29. The van der Waals surface area contributed by atoms with Gasteiger partial charge in [0.2, 0.25) is 5.91 Å². The summed E-state index contributed by atoms with van der Waals surface area (Å²) in [7, 11) is 0. The van der Waals surface area contributed by atoms with Gasteiger partial charge in [-0.3, -0.25) is 4.79 Å². The minimum atomic E-state index is 0.161. The molecule has 1 fully saturated rings. The molecule has 1 heterocycles. The zero-order chi connectivity index (χ0) is 15.5. The maximum Gasteiger partial charge on any atom is 0.227 e. The average molecular weight is 297 g/mol. The Morgan fingerprint density at radius 1 is 1.41 bits per heavy atom. The van der Waals surface area contributed by atoms with Crippen molar-refractivity contribution in [3.8, 4) is 0 Å². The van der Waals surface area contributed by atoms with E-state index in [1.807, 2.05) is 24.5 Å². The minimum Gasteiger partial charge on any atom is -0.330 e. The summed E-state index contributed by atoms with van der Waals surface area (Å²) in [4.78, 5) is 16.5. The lowest BCUT2D eigenvalue weighted by Gasteiger charge is -2.24. The van der Waals surface area contributed by atoms with Crippen LogP contribution in [-0.2, 0) is 11.3 Å². The molecule has 1 aromatic heterocycles. The van der Waals surface area contributed by atoms with Crippen LogP contribution >= 0.6 is 0 Å². The van der Waals surface area contributed by atoms with Crippen molar-refractivity contribution >= 4 is 11.6 Å². The van der Waals surface area contributed by atoms with Crippen molar-refractivity contribution in [3.63, 3.8) is 0 Å². The number of aromatic nitrogens is 2. The lowest BCUT2D eigenvalue weighted by atomic mass is 9.85. The van der Waals surface area contributed by atoms with E-state index in [4.69, 9.17) is 0 Å². The fourth-order valence-electron chi connectivity index (χ4n) is 2.81. The lowest BCUT2D eigenvalue weighted by Crippen LogP contribution is -2.28. The Morgan fingerprint density at radius 3 is 2.91 bits per heavy atom. The summed E-state index contributed by atoms with van der Waals surface area (Å²) in [5.74, 6) is 1.86. The number of imidazole rings is 1. The summed E-state index contributed by atoms with van der Waals surface area (Å²) in [6, 6.07) is 8.10. The molecule has 0 aliphatic heterocycles. The first-order valence-corrected chi connectivity index (χ1v) is 8.04. The van der Waals surface area contributed by atoms with Gasteiger partial charge in [-0.2, -0.15) is 0 Å². The first-order valence-electron chi connectivity index (χ1n) is 8.04. The van der Waals surface area contributed by atoms with E-state index in [-0.39, 0.29) is 11.8 Å². The van der Waals surface area contributed by atoms with Gasteiger partial charge in [-0.25, -0.2) is 4.98 Å². The van der Waals surface area contributed by atoms with Crippen molar-refractivity contribution in [1.29, 1.82) is 0 Å². The Hall–Kier alpha value is -2.10. The third-order valence-corrected chi connectivity index (χ3v) is 4.29. The predicted molar refractivity (Wildman–Crippen MR) is 87.8 cm³/mol. The second-order valence-corrected chi connectivity index (χ2v) is 6.39. The van der Waals surface area contributed by atoms with Gasteiger partial charge in [0.1, 0.15) is 5.82 Å². The number of amides is 1. The van der Waals surface area contributed by atoms with Crippen LogP contribution < -0.4 is 5.32 Å². The fraction of sp³-hybridized carbons (Fsp3) is 0.444. The first kappa shape index (κ1) is 14.8. The van der Waals surface area contributed by atoms with E-state index in [1.165, 1.54) is 12.0 Å². The molecule has 1 saturated carbocycles. The van der Waals surface area contributed by atoms with E-state index in [0.29, 0.717) is 5.92 Å². The average Bonchev–Trinajstić information content (AvgIpc) is 2.85. The Morgan fingerprint density at radius 2 is 2.23 bits per heavy atom. The van der Waals surface area contributed by atoms with Crippen LogP contribution in [0.2, 0.25) is 0 Å². The Kier molecular flexibility index (Phi) is 4.27. The van der Waals surface area contributed by atoms with Gasteiger partial charge in [-0.05, 0) is 30.5 Å². The highest BCUT2D eigenvalue weighted by Crippen LogP contribution is 2.27. The van der Waals surface area contributed by atoms with Crippen molar-refractivity contribution in [3.05, 3.63) is 48.0 Å². The van der Waals surface area contributed by atoms with E-state index in [9.17, 15) is 4.79 Å². The molecule has 1 aromatic carbocycles. The van der Waals surface area contributed by atoms with Gasteiger partial charge in [0.15, 0.2) is 0 Å². The SMILES string of the molecule is CC(C)c1nccn1Cc1cccc(NC(=O)C2CCC2)c1. The molecule has 4 heteroatoms. The second kappa shape index (κ2) is 6.34. The Bertz CT molecular complexity index is 656. The molecule has 4 nitrogen and oxygen atoms in total. The van der Waals surface area contributed by atoms with E-state index >= 15 is 0 Å². The molecular weight excluding hydrogens is 274 g/mol. The van der Waals surface area contributed by atoms with Gasteiger partial charge in [-0.1, -0.05) is 32.4 Å². The van der Waals surface area contributed by atoms with Crippen LogP contribution in [0.3, 0.4) is 0 Å². The van der Waals surface area contributed by atoms with Gasteiger partial charge < -0.3 is 9.88 Å². The summed E-state index contributed by atoms with van der Waals surface area (Å²) < 4.78 is 2.16. The molecule has 1 amide bonds. The monoisotopic (exact) mass is 297 g/mol. The summed E-state index contributed by atoms with van der Waals surface area (Å²) in [5.41, 5.74) is 2.06. The predicted octanol–water partition coefficient (Wildman–Crippen LogP) is 3.79. The molecule has 0 bridgehead atoms. The molecule has 0 saturated heterocycles. The third kappa shape index (κ3) is 3.21. The van der Waals surface area contributed by atoms with Crippen LogP contribution in [0, 0.1) is 5.92 Å². The molecule has 0 radical (unpaired) electrons. The van der Waals surface area contributed by atoms with E-state index < -0.39 is 0 Å². The number of hydrogen-bond donors (Lipinski definition) is 1. The molecule has 1 aliphatic carbocycles. The molecular formula is C18H23N3O. The molecule has 116 valence electrons. The number of anilines is 1. The summed E-state index contributed by atoms with van der Waals surface area (Å²) in [5, 5.41) is 3.04. The number of nitrogens with zero attached hydrogens (tertiary/aromatic N) is 2. The van der Waals surface area contributed by atoms with E-state index in [0.717, 1.165) is 30.9 Å². The standard InChI is InChI=1S/C18H23N3O/c1-13(2)17-19-9-10-21(17)12-14-5-3-8-16(11-14)20-18(22)15-6-4-7-15/h3,5,8-11,13,15H,4,6-7,12H2,1-2H3,(H,20,22). The highest BCUT2D eigenvalue weighted by molar-refractivity contribution is 5.93. The Balaban J connectivity index is 1.70. The van der Waals surface area contributed by atoms with Crippen LogP contribution in [0.15, 0.2) is 36.7 Å². The summed E-state index contributed by atoms with van der Waals surface area (Å²) in [6.45, 7) is 5.07. The van der Waals surface area contributed by atoms with E-state index in [1.54, 1.807) is 0 Å². The van der Waals surface area contributed by atoms with Crippen molar-refractivity contribution < 1.29 is 4.79 Å². The summed E-state index contributed by atoms with van der Waals surface area (Å²) in [6.07, 6.45) is 7.08. The van der Waals surface area contributed by atoms with Gasteiger partial charge in [0, 0.05) is 36.5 Å². The number of carbonyl (C=O) groups excluding carboxylic acids is 1. The normalized spacial score (nSPS) is 14.9. The maximum absolute atomic E-state index is 12.0. The molecule has 0 unspecified atom stereocenters. The maximum atomic E-state index is 12.0. The van der Waals surface area contributed by atoms with Gasteiger partial charge in [-0.15, -0.1) is 0 Å². The molecule has 1 N–H and O–H groups in total. The van der Waals surface area contributed by atoms with Crippen LogP contribution in [0.4, 0.5) is 5.69 Å². The quantitative estimate of drug-likeness (QED) is 0.912. The van der Waals surface area contributed by atoms with Crippen LogP contribution in [0.5, 0.6) is 0 Å². The number of hydrogen-bond acceptors (Lipinski definition) is 2. The fourth-order valence-corrected chi connectivity index (χ4v) is 2.81. The molecule has 0 atom stereocenters. The zero-order valence-corrected chi connectivity index (χ0v) is 13.2. The largest absolute Gasteiger partial charge is 0.330 e. The van der Waals surface area contributed by atoms with Gasteiger partial charge >= 0.3 is 0 Å². The van der Waals surface area contributed by atoms with Crippen LogP contribution in [-0.4, -0.2) is 15.5 Å². The molecule has 1 aliphatic rings. The second-order valence-electron chi connectivity index (χ2n) is 6.39. The molecule has 3 rings (SSSR count). The topological polar surface area (TPSA) is 46.9 Å². The number of nitrogens with one attached hydrogen (secondary N) is 1. The van der Waals surface area contributed by atoms with Crippen molar-refractivity contribution in [2.75, 3.05) is 5.32 Å². The lowest BCUT2D eigenvalue weighted by molar-refractivity contribution is -0.122. The number of benzene rings is 1. The molecule has 22 heavy (non-hydrogen) atoms. The Labute approximate surface area is 131 Å². The van der Waals surface area contributed by atoms with Crippen molar-refractivity contribution in [2.24, 2.45) is 5.92 Å². The summed E-state index contributed by atoms with van der Waals surface area (Å²) >= 11 is 0. The van der Waals surface area contributed by atoms with Gasteiger partial charge in [0.05, 0.1) is 0 Å². The highest BCUT2D eigenvalue weighted by Gasteiger charge is 2.25. The zero-order valence-electron chi connectivity index (χ0n) is 13.2. The first-order chi connectivity index (χ1) is 10.6. The smallest absolute Gasteiger partial charge is 0.227 e.